The van der Waals surface area contributed by atoms with Crippen LogP contribution in [-0.2, 0) is 4.74 Å². The molecule has 2 aliphatic rings. The van der Waals surface area contributed by atoms with Crippen molar-refractivity contribution in [3.8, 4) is 0 Å². The number of nitrogens with two attached hydrogens (primary N) is 1. The van der Waals surface area contributed by atoms with E-state index in [1.807, 2.05) is 0 Å². The molecule has 0 bridgehead atoms. The molecular formula is C15H28N2O. The fraction of sp³-hybridized carbons (Fsp3) is 0.867. The van der Waals surface area contributed by atoms with Gasteiger partial charge in [0.25, 0.3) is 0 Å². The number of rotatable bonds is 2. The maximum Gasteiger partial charge on any atom is 0.0624 e. The van der Waals surface area contributed by atoms with Gasteiger partial charge in [-0.25, -0.2) is 0 Å². The molecule has 0 amide bonds. The van der Waals surface area contributed by atoms with Gasteiger partial charge < -0.3 is 10.5 Å². The minimum absolute atomic E-state index is 0.132. The lowest BCUT2D eigenvalue weighted by molar-refractivity contribution is 0.121. The molecule has 0 saturated carbocycles. The Bertz CT molecular complexity index is 332. The van der Waals surface area contributed by atoms with Gasteiger partial charge in [0.05, 0.1) is 13.2 Å². The fourth-order valence-electron chi connectivity index (χ4n) is 2.94. The van der Waals surface area contributed by atoms with Crippen molar-refractivity contribution in [2.24, 2.45) is 16.6 Å². The summed E-state index contributed by atoms with van der Waals surface area (Å²) in [6, 6.07) is 0.186. The molecule has 0 aliphatic carbocycles. The second kappa shape index (κ2) is 4.95. The Morgan fingerprint density at radius 2 is 2.22 bits per heavy atom. The third-order valence-electron chi connectivity index (χ3n) is 4.47. The topological polar surface area (TPSA) is 38.5 Å². The summed E-state index contributed by atoms with van der Waals surface area (Å²) in [5.41, 5.74) is 8.21. The molecular weight excluding hydrogens is 224 g/mol. The molecule has 3 heteroatoms. The lowest BCUT2D eigenvalue weighted by atomic mass is 9.81. The summed E-state index contributed by atoms with van der Waals surface area (Å²) in [7, 11) is 0. The van der Waals surface area contributed by atoms with Crippen molar-refractivity contribution < 1.29 is 4.74 Å². The molecule has 2 heterocycles. The first-order chi connectivity index (χ1) is 8.31. The van der Waals surface area contributed by atoms with Gasteiger partial charge >= 0.3 is 0 Å². The maximum absolute atomic E-state index is 6.16. The molecule has 0 spiro atoms. The van der Waals surface area contributed by atoms with Crippen LogP contribution in [0.5, 0.6) is 0 Å². The molecule has 2 atom stereocenters. The lowest BCUT2D eigenvalue weighted by Gasteiger charge is -2.37. The fourth-order valence-corrected chi connectivity index (χ4v) is 2.94. The summed E-state index contributed by atoms with van der Waals surface area (Å²) in [5, 5.41) is 0. The highest BCUT2D eigenvalue weighted by Crippen LogP contribution is 2.32. The van der Waals surface area contributed by atoms with Crippen LogP contribution in [0.1, 0.15) is 34.1 Å². The van der Waals surface area contributed by atoms with Crippen molar-refractivity contribution in [1.29, 1.82) is 0 Å². The molecule has 0 aromatic carbocycles. The van der Waals surface area contributed by atoms with E-state index >= 15 is 0 Å². The average Bonchev–Trinajstić information content (AvgIpc) is 2.58. The molecule has 2 rings (SSSR count). The van der Waals surface area contributed by atoms with Gasteiger partial charge in [-0.15, -0.1) is 0 Å². The minimum Gasteiger partial charge on any atom is -0.379 e. The SMILES string of the molecule is CC(C)(C)C1=CCN(CC2(C)COCC2N)CC1. The maximum atomic E-state index is 6.16. The lowest BCUT2D eigenvalue weighted by Crippen LogP contribution is -2.48. The molecule has 1 fully saturated rings. The van der Waals surface area contributed by atoms with Gasteiger partial charge in [-0.3, -0.25) is 4.90 Å². The summed E-state index contributed by atoms with van der Waals surface area (Å²) in [6.07, 6.45) is 3.60. The van der Waals surface area contributed by atoms with E-state index in [4.69, 9.17) is 10.5 Å². The van der Waals surface area contributed by atoms with Crippen LogP contribution in [0.4, 0.5) is 0 Å². The Hall–Kier alpha value is -0.380. The molecule has 18 heavy (non-hydrogen) atoms. The van der Waals surface area contributed by atoms with Crippen LogP contribution in [0.3, 0.4) is 0 Å². The molecule has 3 nitrogen and oxygen atoms in total. The summed E-state index contributed by atoms with van der Waals surface area (Å²) in [5.74, 6) is 0. The normalized spacial score (nSPS) is 34.7. The predicted octanol–water partition coefficient (Wildman–Crippen LogP) is 2.03. The third-order valence-corrected chi connectivity index (χ3v) is 4.47. The van der Waals surface area contributed by atoms with Crippen molar-refractivity contribution in [3.63, 3.8) is 0 Å². The van der Waals surface area contributed by atoms with E-state index in [1.165, 1.54) is 6.42 Å². The standard InChI is InChI=1S/C15H28N2O/c1-14(2,3)12-5-7-17(8-6-12)10-15(4)11-18-9-13(15)16/h5,13H,6-11,16H2,1-4H3. The van der Waals surface area contributed by atoms with E-state index in [0.717, 1.165) is 26.2 Å². The van der Waals surface area contributed by atoms with Gasteiger partial charge in [-0.1, -0.05) is 39.3 Å². The second-order valence-corrected chi connectivity index (χ2v) is 7.24. The summed E-state index contributed by atoms with van der Waals surface area (Å²) in [4.78, 5) is 2.52. The average molecular weight is 252 g/mol. The smallest absolute Gasteiger partial charge is 0.0624 e. The molecule has 0 aromatic rings. The highest BCUT2D eigenvalue weighted by atomic mass is 16.5. The van der Waals surface area contributed by atoms with E-state index in [-0.39, 0.29) is 11.5 Å². The van der Waals surface area contributed by atoms with Crippen molar-refractivity contribution in [2.75, 3.05) is 32.8 Å². The highest BCUT2D eigenvalue weighted by molar-refractivity contribution is 5.14. The number of nitrogens with zero attached hydrogens (tertiary/aromatic N) is 1. The highest BCUT2D eigenvalue weighted by Gasteiger charge is 2.39. The summed E-state index contributed by atoms with van der Waals surface area (Å²) in [6.45, 7) is 14.0. The van der Waals surface area contributed by atoms with E-state index in [0.29, 0.717) is 12.0 Å². The van der Waals surface area contributed by atoms with Crippen LogP contribution in [0.15, 0.2) is 11.6 Å². The Balaban J connectivity index is 1.93. The van der Waals surface area contributed by atoms with Crippen LogP contribution in [-0.4, -0.2) is 43.8 Å². The largest absolute Gasteiger partial charge is 0.379 e. The van der Waals surface area contributed by atoms with Crippen molar-refractivity contribution in [2.45, 2.75) is 40.2 Å². The van der Waals surface area contributed by atoms with Crippen molar-refractivity contribution in [3.05, 3.63) is 11.6 Å². The second-order valence-electron chi connectivity index (χ2n) is 7.24. The van der Waals surface area contributed by atoms with E-state index in [1.54, 1.807) is 5.57 Å². The van der Waals surface area contributed by atoms with Gasteiger partial charge in [0.1, 0.15) is 0 Å². The quantitative estimate of drug-likeness (QED) is 0.764. The Morgan fingerprint density at radius 3 is 2.67 bits per heavy atom. The minimum atomic E-state index is 0.132. The zero-order chi connectivity index (χ0) is 13.4. The monoisotopic (exact) mass is 252 g/mol. The number of hydrogen-bond acceptors (Lipinski definition) is 3. The van der Waals surface area contributed by atoms with Gasteiger partial charge in [0, 0.05) is 31.1 Å². The van der Waals surface area contributed by atoms with Crippen LogP contribution < -0.4 is 5.73 Å². The summed E-state index contributed by atoms with van der Waals surface area (Å²) < 4.78 is 5.52. The summed E-state index contributed by atoms with van der Waals surface area (Å²) >= 11 is 0. The first kappa shape index (κ1) is 14.0. The molecule has 0 aromatic heterocycles. The van der Waals surface area contributed by atoms with Crippen LogP contribution in [0.2, 0.25) is 0 Å². The zero-order valence-electron chi connectivity index (χ0n) is 12.3. The predicted molar refractivity (Wildman–Crippen MR) is 75.5 cm³/mol. The Labute approximate surface area is 111 Å². The number of hydrogen-bond donors (Lipinski definition) is 1. The molecule has 2 N–H and O–H groups in total. The molecule has 0 radical (unpaired) electrons. The molecule has 2 unspecified atom stereocenters. The van der Waals surface area contributed by atoms with Gasteiger partial charge in [0.2, 0.25) is 0 Å². The van der Waals surface area contributed by atoms with Gasteiger partial charge in [-0.05, 0) is 11.8 Å². The van der Waals surface area contributed by atoms with E-state index < -0.39 is 0 Å². The molecule has 2 aliphatic heterocycles. The first-order valence-electron chi connectivity index (χ1n) is 7.06. The van der Waals surface area contributed by atoms with Gasteiger partial charge in [0.15, 0.2) is 0 Å². The molecule has 1 saturated heterocycles. The first-order valence-corrected chi connectivity index (χ1v) is 7.06. The van der Waals surface area contributed by atoms with Crippen LogP contribution >= 0.6 is 0 Å². The van der Waals surface area contributed by atoms with Crippen molar-refractivity contribution in [1.82, 2.24) is 4.90 Å². The van der Waals surface area contributed by atoms with E-state index in [9.17, 15) is 0 Å². The third kappa shape index (κ3) is 2.95. The van der Waals surface area contributed by atoms with Crippen LogP contribution in [0.25, 0.3) is 0 Å². The Kier molecular flexibility index (Phi) is 3.86. The van der Waals surface area contributed by atoms with E-state index in [2.05, 4.69) is 38.7 Å². The van der Waals surface area contributed by atoms with Gasteiger partial charge in [-0.2, -0.15) is 0 Å². The van der Waals surface area contributed by atoms with Crippen LogP contribution in [0, 0.1) is 10.8 Å². The number of ether oxygens (including phenoxy) is 1. The molecule has 104 valence electrons. The van der Waals surface area contributed by atoms with Crippen molar-refractivity contribution >= 4 is 0 Å². The Morgan fingerprint density at radius 1 is 1.50 bits per heavy atom. The zero-order valence-corrected chi connectivity index (χ0v) is 12.3.